The number of nitrogens with zero attached hydrogens (tertiary/aromatic N) is 4. The standard InChI is InChI=1S/C20H26ClN5O3S/c1-3-29-17-14(21)13(4-8-23-17)30-15-16(22)24-19(25(2)18(15)27)26-9-5-20(6-10-26)7-11-28-12-20/h4,8H,3,5-7,9-12,22H2,1-2H3. The summed E-state index contributed by atoms with van der Waals surface area (Å²) in [7, 11) is 1.73. The summed E-state index contributed by atoms with van der Waals surface area (Å²) in [6.07, 6.45) is 4.78. The molecule has 162 valence electrons. The zero-order valence-electron chi connectivity index (χ0n) is 17.2. The van der Waals surface area contributed by atoms with Crippen LogP contribution in [0.25, 0.3) is 0 Å². The van der Waals surface area contributed by atoms with Crippen molar-refractivity contribution in [3.63, 3.8) is 0 Å². The average molecular weight is 452 g/mol. The van der Waals surface area contributed by atoms with Gasteiger partial charge in [-0.1, -0.05) is 23.4 Å². The van der Waals surface area contributed by atoms with Gasteiger partial charge in [-0.25, -0.2) is 4.98 Å². The van der Waals surface area contributed by atoms with Gasteiger partial charge in [-0.2, -0.15) is 4.98 Å². The molecule has 2 saturated heterocycles. The van der Waals surface area contributed by atoms with Crippen LogP contribution in [-0.4, -0.2) is 47.4 Å². The molecule has 30 heavy (non-hydrogen) atoms. The van der Waals surface area contributed by atoms with E-state index in [0.717, 1.165) is 45.6 Å². The lowest BCUT2D eigenvalue weighted by Gasteiger charge is -2.39. The molecule has 2 aromatic rings. The Bertz CT molecular complexity index is 983. The van der Waals surface area contributed by atoms with Crippen LogP contribution in [0.2, 0.25) is 5.02 Å². The third-order valence-corrected chi connectivity index (χ3v) is 7.48. The first-order valence-corrected chi connectivity index (χ1v) is 11.3. The first kappa shape index (κ1) is 21.3. The lowest BCUT2D eigenvalue weighted by Crippen LogP contribution is -2.43. The van der Waals surface area contributed by atoms with Crippen molar-refractivity contribution in [1.82, 2.24) is 14.5 Å². The molecule has 10 heteroatoms. The van der Waals surface area contributed by atoms with Gasteiger partial charge in [-0.3, -0.25) is 9.36 Å². The molecule has 0 aromatic carbocycles. The van der Waals surface area contributed by atoms with Crippen molar-refractivity contribution in [2.24, 2.45) is 12.5 Å². The molecule has 4 rings (SSSR count). The van der Waals surface area contributed by atoms with Gasteiger partial charge in [0.15, 0.2) is 0 Å². The van der Waals surface area contributed by atoms with Crippen LogP contribution in [-0.2, 0) is 11.8 Å². The monoisotopic (exact) mass is 451 g/mol. The van der Waals surface area contributed by atoms with Gasteiger partial charge in [-0.05, 0) is 37.7 Å². The summed E-state index contributed by atoms with van der Waals surface area (Å²) in [5, 5.41) is 0.356. The van der Waals surface area contributed by atoms with E-state index in [1.54, 1.807) is 23.9 Å². The van der Waals surface area contributed by atoms with Crippen LogP contribution in [0.5, 0.6) is 5.88 Å². The first-order valence-electron chi connectivity index (χ1n) is 10.1. The smallest absolute Gasteiger partial charge is 0.270 e. The first-order chi connectivity index (χ1) is 14.4. The highest BCUT2D eigenvalue weighted by molar-refractivity contribution is 7.99. The van der Waals surface area contributed by atoms with E-state index < -0.39 is 0 Å². The summed E-state index contributed by atoms with van der Waals surface area (Å²) >= 11 is 7.58. The average Bonchev–Trinajstić information content (AvgIpc) is 3.19. The van der Waals surface area contributed by atoms with Crippen LogP contribution in [0.1, 0.15) is 26.2 Å². The minimum atomic E-state index is -0.196. The summed E-state index contributed by atoms with van der Waals surface area (Å²) < 4.78 is 12.6. The third-order valence-electron chi connectivity index (χ3n) is 5.86. The van der Waals surface area contributed by atoms with Gasteiger partial charge in [0.1, 0.15) is 15.7 Å². The van der Waals surface area contributed by atoms with Gasteiger partial charge in [0.05, 0.1) is 13.2 Å². The molecule has 2 N–H and O–H groups in total. The molecule has 0 aliphatic carbocycles. The molecule has 0 atom stereocenters. The van der Waals surface area contributed by atoms with Gasteiger partial charge in [0.25, 0.3) is 5.56 Å². The lowest BCUT2D eigenvalue weighted by atomic mass is 9.78. The summed E-state index contributed by atoms with van der Waals surface area (Å²) in [6, 6.07) is 1.73. The fourth-order valence-electron chi connectivity index (χ4n) is 4.02. The maximum atomic E-state index is 13.1. The second kappa shape index (κ2) is 8.64. The van der Waals surface area contributed by atoms with Crippen molar-refractivity contribution in [3.8, 4) is 5.88 Å². The molecule has 2 aliphatic heterocycles. The van der Waals surface area contributed by atoms with Crippen molar-refractivity contribution in [1.29, 1.82) is 0 Å². The zero-order valence-corrected chi connectivity index (χ0v) is 18.8. The SMILES string of the molecule is CCOc1nccc(Sc2c(N)nc(N3CCC4(CCOC4)CC3)n(C)c2=O)c1Cl. The van der Waals surface area contributed by atoms with E-state index in [4.69, 9.17) is 26.8 Å². The predicted octanol–water partition coefficient (Wildman–Crippen LogP) is 2.97. The van der Waals surface area contributed by atoms with Crippen molar-refractivity contribution in [2.45, 2.75) is 36.0 Å². The van der Waals surface area contributed by atoms with Gasteiger partial charge in [-0.15, -0.1) is 0 Å². The number of anilines is 2. The Labute approximate surface area is 184 Å². The Hall–Kier alpha value is -1.97. The maximum Gasteiger partial charge on any atom is 0.270 e. The van der Waals surface area contributed by atoms with E-state index in [1.165, 1.54) is 11.8 Å². The largest absolute Gasteiger partial charge is 0.477 e. The molecule has 0 bridgehead atoms. The van der Waals surface area contributed by atoms with E-state index in [9.17, 15) is 4.79 Å². The Morgan fingerprint density at radius 2 is 2.13 bits per heavy atom. The van der Waals surface area contributed by atoms with Crippen LogP contribution < -0.4 is 20.9 Å². The maximum absolute atomic E-state index is 13.1. The molecule has 2 fully saturated rings. The third kappa shape index (κ3) is 3.98. The van der Waals surface area contributed by atoms with Gasteiger partial charge in [0, 0.05) is 37.8 Å². The summed E-state index contributed by atoms with van der Waals surface area (Å²) in [5.41, 5.74) is 6.31. The van der Waals surface area contributed by atoms with Crippen molar-refractivity contribution in [2.75, 3.05) is 43.5 Å². The minimum Gasteiger partial charge on any atom is -0.477 e. The number of piperidine rings is 1. The van der Waals surface area contributed by atoms with Crippen LogP contribution in [0, 0.1) is 5.41 Å². The number of pyridine rings is 1. The van der Waals surface area contributed by atoms with Crippen molar-refractivity contribution >= 4 is 35.1 Å². The molecule has 8 nitrogen and oxygen atoms in total. The van der Waals surface area contributed by atoms with Crippen molar-refractivity contribution in [3.05, 3.63) is 27.6 Å². The highest BCUT2D eigenvalue weighted by atomic mass is 35.5. The minimum absolute atomic E-state index is 0.196. The number of halogens is 1. The topological polar surface area (TPSA) is 95.5 Å². The van der Waals surface area contributed by atoms with Gasteiger partial charge >= 0.3 is 0 Å². The van der Waals surface area contributed by atoms with Crippen molar-refractivity contribution < 1.29 is 9.47 Å². The highest BCUT2D eigenvalue weighted by Crippen LogP contribution is 2.41. The van der Waals surface area contributed by atoms with Gasteiger partial charge in [0.2, 0.25) is 11.8 Å². The number of ether oxygens (including phenoxy) is 2. The number of nitrogens with two attached hydrogens (primary N) is 1. The normalized spacial score (nSPS) is 18.2. The summed E-state index contributed by atoms with van der Waals surface area (Å²) in [5.74, 6) is 1.14. The number of hydrogen-bond donors (Lipinski definition) is 1. The Morgan fingerprint density at radius 3 is 2.80 bits per heavy atom. The molecule has 1 spiro atoms. The fourth-order valence-corrected chi connectivity index (χ4v) is 5.21. The number of hydrogen-bond acceptors (Lipinski definition) is 8. The second-order valence-corrected chi connectivity index (χ2v) is 9.17. The number of rotatable bonds is 5. The Balaban J connectivity index is 1.58. The Kier molecular flexibility index (Phi) is 6.13. The van der Waals surface area contributed by atoms with E-state index in [-0.39, 0.29) is 16.8 Å². The number of aromatic nitrogens is 3. The van der Waals surface area contributed by atoms with Crippen LogP contribution >= 0.6 is 23.4 Å². The number of nitrogen functional groups attached to an aromatic ring is 1. The highest BCUT2D eigenvalue weighted by Gasteiger charge is 2.38. The van der Waals surface area contributed by atoms with E-state index >= 15 is 0 Å². The fraction of sp³-hybridized carbons (Fsp3) is 0.550. The Morgan fingerprint density at radius 1 is 1.37 bits per heavy atom. The molecule has 2 aromatic heterocycles. The molecular formula is C20H26ClN5O3S. The second-order valence-electron chi connectivity index (χ2n) is 7.74. The molecule has 0 saturated carbocycles. The van der Waals surface area contributed by atoms with Crippen LogP contribution in [0.4, 0.5) is 11.8 Å². The molecule has 2 aliphatic rings. The van der Waals surface area contributed by atoms with E-state index in [0.29, 0.717) is 33.2 Å². The predicted molar refractivity (Wildman–Crippen MR) is 118 cm³/mol. The zero-order chi connectivity index (χ0) is 21.3. The summed E-state index contributed by atoms with van der Waals surface area (Å²) in [4.78, 5) is 25.0. The van der Waals surface area contributed by atoms with E-state index in [2.05, 4.69) is 14.9 Å². The summed E-state index contributed by atoms with van der Waals surface area (Å²) in [6.45, 7) is 5.66. The van der Waals surface area contributed by atoms with Gasteiger partial charge < -0.3 is 20.1 Å². The lowest BCUT2D eigenvalue weighted by molar-refractivity contribution is 0.133. The molecule has 0 radical (unpaired) electrons. The molecule has 4 heterocycles. The van der Waals surface area contributed by atoms with Crippen LogP contribution in [0.15, 0.2) is 26.8 Å². The molecule has 0 amide bonds. The quantitative estimate of drug-likeness (QED) is 0.741. The van der Waals surface area contributed by atoms with E-state index in [1.807, 2.05) is 6.92 Å². The van der Waals surface area contributed by atoms with Crippen LogP contribution in [0.3, 0.4) is 0 Å². The molecule has 0 unspecified atom stereocenters. The molecular weight excluding hydrogens is 426 g/mol.